The minimum absolute atomic E-state index is 0.0364. The summed E-state index contributed by atoms with van der Waals surface area (Å²) in [7, 11) is 0. The van der Waals surface area contributed by atoms with Crippen molar-refractivity contribution in [3.8, 4) is 0 Å². The first-order valence-corrected chi connectivity index (χ1v) is 6.60. The first kappa shape index (κ1) is 11.6. The fourth-order valence-electron chi connectivity index (χ4n) is 2.18. The quantitative estimate of drug-likeness (QED) is 0.777. The Balaban J connectivity index is 1.94. The van der Waals surface area contributed by atoms with Gasteiger partial charge in [0.2, 0.25) is 0 Å². The third-order valence-corrected chi connectivity index (χ3v) is 4.14. The molecule has 0 saturated carbocycles. The predicted molar refractivity (Wildman–Crippen MR) is 70.0 cm³/mol. The van der Waals surface area contributed by atoms with E-state index >= 15 is 0 Å². The molecule has 1 aromatic heterocycles. The van der Waals surface area contributed by atoms with Gasteiger partial charge in [-0.1, -0.05) is 23.5 Å². The summed E-state index contributed by atoms with van der Waals surface area (Å²) >= 11 is 1.41. The molecule has 1 aliphatic rings. The number of halogens is 2. The molecule has 18 heavy (non-hydrogen) atoms. The number of thiazole rings is 1. The number of aromatic nitrogens is 1. The first-order valence-electron chi connectivity index (χ1n) is 5.78. The summed E-state index contributed by atoms with van der Waals surface area (Å²) in [5.74, 6) is -2.61. The van der Waals surface area contributed by atoms with Crippen molar-refractivity contribution < 1.29 is 8.78 Å². The number of hydrogen-bond donors (Lipinski definition) is 0. The van der Waals surface area contributed by atoms with Crippen LogP contribution >= 0.6 is 11.3 Å². The Labute approximate surface area is 107 Å². The van der Waals surface area contributed by atoms with Crippen LogP contribution in [0.3, 0.4) is 0 Å². The lowest BCUT2D eigenvalue weighted by Crippen LogP contribution is -2.42. The molecule has 2 aromatic rings. The number of benzene rings is 1. The second-order valence-corrected chi connectivity index (χ2v) is 5.57. The summed E-state index contributed by atoms with van der Waals surface area (Å²) in [6.45, 7) is 0.379. The molecule has 1 aliphatic heterocycles. The highest BCUT2D eigenvalue weighted by Gasteiger charge is 2.36. The Morgan fingerprint density at radius 3 is 3.00 bits per heavy atom. The van der Waals surface area contributed by atoms with Crippen molar-refractivity contribution in [1.82, 2.24) is 4.98 Å². The Bertz CT molecular complexity index is 582. The van der Waals surface area contributed by atoms with Crippen LogP contribution in [0.1, 0.15) is 12.8 Å². The highest BCUT2D eigenvalue weighted by atomic mass is 32.1. The van der Waals surface area contributed by atoms with Crippen LogP contribution < -0.4 is 4.90 Å². The van der Waals surface area contributed by atoms with Gasteiger partial charge in [-0.2, -0.15) is 0 Å². The Hall–Kier alpha value is -1.43. The summed E-state index contributed by atoms with van der Waals surface area (Å²) in [6.07, 6.45) is 0.456. The van der Waals surface area contributed by atoms with Gasteiger partial charge in [-0.3, -0.25) is 0 Å². The number of rotatable bonds is 1. The lowest BCUT2D eigenvalue weighted by atomic mass is 10.1. The molecule has 3 rings (SSSR count). The second-order valence-electron chi connectivity index (χ2n) is 4.56. The second kappa shape index (κ2) is 4.05. The van der Waals surface area contributed by atoms with E-state index in [0.29, 0.717) is 23.8 Å². The zero-order valence-corrected chi connectivity index (χ0v) is 10.4. The highest BCUT2D eigenvalue weighted by Crippen LogP contribution is 2.35. The first-order chi connectivity index (χ1) is 8.53. The van der Waals surface area contributed by atoms with E-state index in [0.717, 1.165) is 10.2 Å². The Morgan fingerprint density at radius 2 is 2.22 bits per heavy atom. The smallest absolute Gasteiger partial charge is 0.265 e. The normalized spacial score (nSPS) is 19.3. The molecule has 96 valence electrons. The van der Waals surface area contributed by atoms with Gasteiger partial charge in [-0.25, -0.2) is 13.8 Å². The molecule has 0 amide bonds. The van der Waals surface area contributed by atoms with Crippen molar-refractivity contribution in [3.63, 3.8) is 0 Å². The minimum atomic E-state index is -2.61. The summed E-state index contributed by atoms with van der Waals surface area (Å²) < 4.78 is 27.7. The van der Waals surface area contributed by atoms with E-state index in [9.17, 15) is 8.78 Å². The summed E-state index contributed by atoms with van der Waals surface area (Å²) in [5, 5.41) is 0.634. The number of anilines is 1. The molecule has 0 aliphatic carbocycles. The van der Waals surface area contributed by atoms with E-state index < -0.39 is 5.92 Å². The van der Waals surface area contributed by atoms with E-state index in [4.69, 9.17) is 5.73 Å². The maximum absolute atomic E-state index is 13.4. The van der Waals surface area contributed by atoms with Crippen LogP contribution in [0.5, 0.6) is 0 Å². The maximum atomic E-state index is 13.4. The molecule has 0 unspecified atom stereocenters. The van der Waals surface area contributed by atoms with Crippen molar-refractivity contribution in [1.29, 1.82) is 0 Å². The molecule has 0 bridgehead atoms. The molecule has 0 atom stereocenters. The lowest BCUT2D eigenvalue weighted by Gasteiger charge is -2.32. The van der Waals surface area contributed by atoms with Crippen LogP contribution in [0.15, 0.2) is 18.2 Å². The van der Waals surface area contributed by atoms with Crippen LogP contribution in [0, 0.1) is 0 Å². The summed E-state index contributed by atoms with van der Waals surface area (Å²) in [4.78, 5) is 6.00. The van der Waals surface area contributed by atoms with Gasteiger partial charge >= 0.3 is 0 Å². The zero-order chi connectivity index (χ0) is 12.8. The molecule has 2 heterocycles. The van der Waals surface area contributed by atoms with Crippen molar-refractivity contribution in [2.75, 3.05) is 18.0 Å². The van der Waals surface area contributed by atoms with Crippen LogP contribution in [0.25, 0.3) is 16.0 Å². The number of nitrogens with one attached hydrogen (secondary N) is 1. The predicted octanol–water partition coefficient (Wildman–Crippen LogP) is 4.22. The van der Waals surface area contributed by atoms with E-state index in [1.54, 1.807) is 17.0 Å². The number of piperidine rings is 1. The molecule has 0 radical (unpaired) electrons. The minimum Gasteiger partial charge on any atom is -0.699 e. The average Bonchev–Trinajstić information content (AvgIpc) is 2.70. The molecule has 1 aromatic carbocycles. The topological polar surface area (TPSA) is 39.9 Å². The van der Waals surface area contributed by atoms with Gasteiger partial charge in [0.1, 0.15) is 0 Å². The van der Waals surface area contributed by atoms with Gasteiger partial charge in [0, 0.05) is 13.0 Å². The largest absolute Gasteiger partial charge is 0.699 e. The number of alkyl halides is 2. The van der Waals surface area contributed by atoms with Crippen molar-refractivity contribution in [3.05, 3.63) is 23.9 Å². The van der Waals surface area contributed by atoms with Crippen LogP contribution in [0.4, 0.5) is 19.6 Å². The zero-order valence-electron chi connectivity index (χ0n) is 9.62. The van der Waals surface area contributed by atoms with E-state index in [1.807, 2.05) is 6.07 Å². The van der Waals surface area contributed by atoms with Crippen molar-refractivity contribution >= 4 is 32.4 Å². The van der Waals surface area contributed by atoms with Crippen molar-refractivity contribution in [2.24, 2.45) is 0 Å². The number of fused-ring (bicyclic) bond motifs is 1. The van der Waals surface area contributed by atoms with E-state index in [-0.39, 0.29) is 13.0 Å². The number of hydrogen-bond acceptors (Lipinski definition) is 3. The third-order valence-electron chi connectivity index (χ3n) is 3.04. The van der Waals surface area contributed by atoms with Gasteiger partial charge in [-0.15, -0.1) is 5.69 Å². The fraction of sp³-hybridized carbons (Fsp3) is 0.417. The Kier molecular flexibility index (Phi) is 2.62. The van der Waals surface area contributed by atoms with Gasteiger partial charge < -0.3 is 10.6 Å². The van der Waals surface area contributed by atoms with Gasteiger partial charge in [-0.05, 0) is 12.5 Å². The van der Waals surface area contributed by atoms with E-state index in [2.05, 4.69) is 4.98 Å². The summed E-state index contributed by atoms with van der Waals surface area (Å²) in [5.41, 5.74) is 8.64. The third kappa shape index (κ3) is 2.12. The van der Waals surface area contributed by atoms with Gasteiger partial charge in [0.15, 0.2) is 5.13 Å². The molecular formula is C12H12F2N3S-. The molecule has 1 N–H and O–H groups in total. The maximum Gasteiger partial charge on any atom is 0.265 e. The monoisotopic (exact) mass is 268 g/mol. The molecule has 0 spiro atoms. The van der Waals surface area contributed by atoms with E-state index in [1.165, 1.54) is 11.3 Å². The van der Waals surface area contributed by atoms with Crippen LogP contribution in [-0.2, 0) is 0 Å². The SMILES string of the molecule is [NH-]c1ccc2sc(N3CCCC(F)(F)C3)nc2c1. The summed E-state index contributed by atoms with van der Waals surface area (Å²) in [6, 6.07) is 5.17. The Morgan fingerprint density at radius 1 is 1.39 bits per heavy atom. The number of nitrogens with zero attached hydrogens (tertiary/aromatic N) is 2. The van der Waals surface area contributed by atoms with Gasteiger partial charge in [0.05, 0.1) is 16.8 Å². The fourth-order valence-corrected chi connectivity index (χ4v) is 3.15. The molecule has 3 nitrogen and oxygen atoms in total. The highest BCUT2D eigenvalue weighted by molar-refractivity contribution is 7.22. The molecule has 1 fully saturated rings. The standard InChI is InChI=1S/C12H12F2N3S/c13-12(14)4-1-5-17(7-12)11-16-9-6-8(15)2-3-10(9)18-11/h2-3,6,15H,1,4-5,7H2/q-1. The molecular weight excluding hydrogens is 256 g/mol. The van der Waals surface area contributed by atoms with Crippen molar-refractivity contribution in [2.45, 2.75) is 18.8 Å². The molecule has 1 saturated heterocycles. The molecule has 6 heteroatoms. The average molecular weight is 268 g/mol. The lowest BCUT2D eigenvalue weighted by molar-refractivity contribution is -0.0116. The van der Waals surface area contributed by atoms with Crippen LogP contribution in [-0.4, -0.2) is 24.0 Å². The van der Waals surface area contributed by atoms with Gasteiger partial charge in [0.25, 0.3) is 5.92 Å². The van der Waals surface area contributed by atoms with Crippen LogP contribution in [0.2, 0.25) is 0 Å².